The zero-order valence-electron chi connectivity index (χ0n) is 20.0. The molecule has 0 amide bonds. The van der Waals surface area contributed by atoms with E-state index < -0.39 is 5.60 Å². The number of hydrogen-bond acceptors (Lipinski definition) is 2. The first kappa shape index (κ1) is 23.5. The summed E-state index contributed by atoms with van der Waals surface area (Å²) in [6, 6.07) is 0. The zero-order chi connectivity index (χ0) is 22.1. The molecule has 0 spiro atoms. The molecule has 0 aromatic rings. The van der Waals surface area contributed by atoms with Crippen LogP contribution in [0.5, 0.6) is 0 Å². The summed E-state index contributed by atoms with van der Waals surface area (Å²) < 4.78 is 0. The van der Waals surface area contributed by atoms with Crippen LogP contribution in [0, 0.1) is 29.1 Å². The fourth-order valence-electron chi connectivity index (χ4n) is 6.16. The van der Waals surface area contributed by atoms with Crippen molar-refractivity contribution in [1.29, 1.82) is 0 Å². The molecule has 3 saturated carbocycles. The highest BCUT2D eigenvalue weighted by Gasteiger charge is 2.59. The third kappa shape index (κ3) is 4.41. The van der Waals surface area contributed by atoms with Gasteiger partial charge in [-0.25, -0.2) is 0 Å². The van der Waals surface area contributed by atoms with Crippen LogP contribution in [0.3, 0.4) is 0 Å². The van der Waals surface area contributed by atoms with Crippen LogP contribution >= 0.6 is 0 Å². The number of fused-ring (bicyclic) bond motifs is 1. The Morgan fingerprint density at radius 2 is 1.77 bits per heavy atom. The Kier molecular flexibility index (Phi) is 7.19. The van der Waals surface area contributed by atoms with Crippen LogP contribution in [0.25, 0.3) is 0 Å². The molecular formula is C28H44O2. The average Bonchev–Trinajstić information content (AvgIpc) is 2.98. The lowest BCUT2D eigenvalue weighted by Crippen LogP contribution is -2.50. The molecule has 0 aromatic carbocycles. The van der Waals surface area contributed by atoms with Crippen molar-refractivity contribution < 1.29 is 10.2 Å². The summed E-state index contributed by atoms with van der Waals surface area (Å²) >= 11 is 0. The van der Waals surface area contributed by atoms with Crippen molar-refractivity contribution in [2.24, 2.45) is 29.1 Å². The minimum Gasteiger partial charge on any atom is -0.393 e. The van der Waals surface area contributed by atoms with Crippen LogP contribution < -0.4 is 0 Å². The maximum atomic E-state index is 11.9. The van der Waals surface area contributed by atoms with Gasteiger partial charge in [0.25, 0.3) is 0 Å². The third-order valence-electron chi connectivity index (χ3n) is 8.88. The fraction of sp³-hybridized carbons (Fsp3) is 0.714. The molecule has 0 radical (unpaired) electrons. The molecule has 3 aliphatic rings. The Morgan fingerprint density at radius 1 is 1.03 bits per heavy atom. The number of aliphatic hydroxyl groups is 2. The summed E-state index contributed by atoms with van der Waals surface area (Å²) in [5.41, 5.74) is 3.18. The normalized spacial score (nSPS) is 39.8. The van der Waals surface area contributed by atoms with Gasteiger partial charge in [-0.3, -0.25) is 0 Å². The van der Waals surface area contributed by atoms with E-state index in [9.17, 15) is 10.2 Å². The van der Waals surface area contributed by atoms with Crippen LogP contribution in [-0.2, 0) is 0 Å². The maximum absolute atomic E-state index is 11.9. The number of aliphatic hydroxyl groups excluding tert-OH is 1. The lowest BCUT2D eigenvalue weighted by molar-refractivity contribution is -0.100. The molecule has 30 heavy (non-hydrogen) atoms. The van der Waals surface area contributed by atoms with Gasteiger partial charge in [-0.05, 0) is 74.7 Å². The molecule has 3 aliphatic carbocycles. The van der Waals surface area contributed by atoms with E-state index in [1.54, 1.807) is 0 Å². The van der Waals surface area contributed by atoms with E-state index in [4.69, 9.17) is 0 Å². The second kappa shape index (κ2) is 9.17. The van der Waals surface area contributed by atoms with Crippen LogP contribution in [0.15, 0.2) is 47.6 Å². The van der Waals surface area contributed by atoms with Crippen LogP contribution in [0.1, 0.15) is 86.0 Å². The Labute approximate surface area is 184 Å². The number of rotatable bonds is 5. The lowest BCUT2D eigenvalue weighted by atomic mass is 9.59. The summed E-state index contributed by atoms with van der Waals surface area (Å²) in [6.07, 6.45) is 16.7. The molecule has 0 heterocycles. The standard InChI is InChI=1S/C28H44O2/c1-19(2)20(3)9-11-22(5)28(30)17-15-26-23(8-7-16-27(26,28)6)12-13-24-18-25(29)14-10-21(24)4/h9,11-13,19-20,22,25-26,29-30H,4,7-8,10,14-18H2,1-3,5-6H3/t20-,22+,25-,26?,27-,28+/m0/s1. The van der Waals surface area contributed by atoms with Crippen molar-refractivity contribution in [3.63, 3.8) is 0 Å². The van der Waals surface area contributed by atoms with Gasteiger partial charge in [0, 0.05) is 11.3 Å². The molecule has 168 valence electrons. The van der Waals surface area contributed by atoms with E-state index in [0.717, 1.165) is 51.4 Å². The Hall–Kier alpha value is -1.12. The molecule has 0 bridgehead atoms. The SMILES string of the molecule is C=C1CC[C@H](O)CC1=CC=C1CCC[C@@]2(C)C1CC[C@@]2(O)[C@H](C)C=C[C@H](C)C(C)C. The average molecular weight is 413 g/mol. The van der Waals surface area contributed by atoms with E-state index >= 15 is 0 Å². The number of hydrogen-bond donors (Lipinski definition) is 2. The van der Waals surface area contributed by atoms with E-state index in [1.807, 2.05) is 0 Å². The van der Waals surface area contributed by atoms with Gasteiger partial charge in [0.05, 0.1) is 11.7 Å². The first-order valence-corrected chi connectivity index (χ1v) is 12.2. The molecule has 0 aromatic heterocycles. The fourth-order valence-corrected chi connectivity index (χ4v) is 6.16. The van der Waals surface area contributed by atoms with Crippen molar-refractivity contribution in [2.45, 2.75) is 97.7 Å². The highest BCUT2D eigenvalue weighted by molar-refractivity contribution is 5.36. The van der Waals surface area contributed by atoms with Gasteiger partial charge < -0.3 is 10.2 Å². The zero-order valence-corrected chi connectivity index (χ0v) is 20.0. The van der Waals surface area contributed by atoms with Crippen molar-refractivity contribution in [3.05, 3.63) is 47.6 Å². The van der Waals surface area contributed by atoms with E-state index in [1.165, 1.54) is 16.7 Å². The van der Waals surface area contributed by atoms with Gasteiger partial charge in [-0.1, -0.05) is 76.6 Å². The van der Waals surface area contributed by atoms with E-state index in [2.05, 4.69) is 65.5 Å². The topological polar surface area (TPSA) is 40.5 Å². The lowest BCUT2D eigenvalue weighted by Gasteiger charge is -2.49. The molecule has 0 aliphatic heterocycles. The summed E-state index contributed by atoms with van der Waals surface area (Å²) in [4.78, 5) is 0. The monoisotopic (exact) mass is 412 g/mol. The van der Waals surface area contributed by atoms with Crippen LogP contribution in [0.2, 0.25) is 0 Å². The van der Waals surface area contributed by atoms with Gasteiger partial charge in [0.2, 0.25) is 0 Å². The molecule has 2 nitrogen and oxygen atoms in total. The molecular weight excluding hydrogens is 368 g/mol. The predicted molar refractivity (Wildman–Crippen MR) is 127 cm³/mol. The Balaban J connectivity index is 1.82. The minimum absolute atomic E-state index is 0.0660. The van der Waals surface area contributed by atoms with Crippen LogP contribution in [-0.4, -0.2) is 21.9 Å². The van der Waals surface area contributed by atoms with E-state index in [-0.39, 0.29) is 17.4 Å². The summed E-state index contributed by atoms with van der Waals surface area (Å²) in [5.74, 6) is 1.78. The Morgan fingerprint density at radius 3 is 2.47 bits per heavy atom. The molecule has 0 saturated heterocycles. The summed E-state index contributed by atoms with van der Waals surface area (Å²) in [6.45, 7) is 15.5. The second-order valence-electron chi connectivity index (χ2n) is 11.0. The quantitative estimate of drug-likeness (QED) is 0.490. The smallest absolute Gasteiger partial charge is 0.0766 e. The van der Waals surface area contributed by atoms with Gasteiger partial charge in [-0.15, -0.1) is 0 Å². The molecule has 2 N–H and O–H groups in total. The summed E-state index contributed by atoms with van der Waals surface area (Å²) in [5, 5.41) is 22.0. The van der Waals surface area contributed by atoms with Gasteiger partial charge in [0.1, 0.15) is 0 Å². The molecule has 6 atom stereocenters. The number of allylic oxidation sites excluding steroid dienone is 5. The predicted octanol–water partition coefficient (Wildman–Crippen LogP) is 6.76. The Bertz CT molecular complexity index is 727. The van der Waals surface area contributed by atoms with Gasteiger partial charge >= 0.3 is 0 Å². The second-order valence-corrected chi connectivity index (χ2v) is 11.0. The molecule has 3 rings (SSSR count). The van der Waals surface area contributed by atoms with Crippen LogP contribution in [0.4, 0.5) is 0 Å². The van der Waals surface area contributed by atoms with Gasteiger partial charge in [-0.2, -0.15) is 0 Å². The van der Waals surface area contributed by atoms with Crippen molar-refractivity contribution >= 4 is 0 Å². The van der Waals surface area contributed by atoms with Crippen molar-refractivity contribution in [1.82, 2.24) is 0 Å². The molecule has 2 heteroatoms. The summed E-state index contributed by atoms with van der Waals surface area (Å²) in [7, 11) is 0. The highest BCUT2D eigenvalue weighted by Crippen LogP contribution is 2.61. The van der Waals surface area contributed by atoms with Gasteiger partial charge in [0.15, 0.2) is 0 Å². The highest BCUT2D eigenvalue weighted by atomic mass is 16.3. The molecule has 1 unspecified atom stereocenters. The first-order chi connectivity index (χ1) is 14.1. The maximum Gasteiger partial charge on any atom is 0.0766 e. The first-order valence-electron chi connectivity index (χ1n) is 12.2. The van der Waals surface area contributed by atoms with Crippen molar-refractivity contribution in [3.8, 4) is 0 Å². The third-order valence-corrected chi connectivity index (χ3v) is 8.88. The minimum atomic E-state index is -0.637. The molecule has 3 fully saturated rings. The largest absolute Gasteiger partial charge is 0.393 e. The van der Waals surface area contributed by atoms with E-state index in [0.29, 0.717) is 17.8 Å². The van der Waals surface area contributed by atoms with Crippen molar-refractivity contribution in [2.75, 3.05) is 0 Å².